The van der Waals surface area contributed by atoms with Crippen molar-refractivity contribution in [1.29, 1.82) is 0 Å². The van der Waals surface area contributed by atoms with E-state index in [0.717, 1.165) is 17.5 Å². The lowest BCUT2D eigenvalue weighted by molar-refractivity contribution is -0.118. The number of rotatable bonds is 6. The van der Waals surface area contributed by atoms with Crippen molar-refractivity contribution in [1.82, 2.24) is 24.3 Å². The number of nitrogens with zero attached hydrogens (tertiary/aromatic N) is 5. The van der Waals surface area contributed by atoms with Gasteiger partial charge in [0.25, 0.3) is 5.91 Å². The first-order valence-electron chi connectivity index (χ1n) is 11.8. The standard InChI is InChI=1S/C26H21Cl2FN6OS/c1-2-14-3-5-15(6-4-14)17-10-19(27)18-12-35(33-22(18)21(17)28)24(25(36)32-26-30-7-8-37-26)23-20-9-16(29)11-34(20)13-31-23/h3-8,10,12-13,16,24H,2,9,11H2,1H3,(H,30,32,36)/t16-,24?/m1/s1. The molecule has 5 aromatic rings. The zero-order valence-electron chi connectivity index (χ0n) is 19.7. The molecule has 0 saturated heterocycles. The second-order valence-electron chi connectivity index (χ2n) is 8.90. The molecule has 0 bridgehead atoms. The number of nitrogens with one attached hydrogen (secondary N) is 1. The molecular weight excluding hydrogens is 534 g/mol. The van der Waals surface area contributed by atoms with E-state index in [0.29, 0.717) is 37.5 Å². The number of imidazole rings is 1. The number of halogens is 3. The molecule has 0 radical (unpaired) electrons. The first kappa shape index (κ1) is 24.1. The number of aryl methyl sites for hydroxylation is 1. The highest BCUT2D eigenvalue weighted by atomic mass is 35.5. The van der Waals surface area contributed by atoms with Gasteiger partial charge in [0.1, 0.15) is 11.7 Å². The quantitative estimate of drug-likeness (QED) is 0.265. The summed E-state index contributed by atoms with van der Waals surface area (Å²) in [6.45, 7) is 2.31. The fourth-order valence-electron chi connectivity index (χ4n) is 4.73. The van der Waals surface area contributed by atoms with Gasteiger partial charge >= 0.3 is 0 Å². The number of hydrogen-bond donors (Lipinski definition) is 1. The third-order valence-corrected chi connectivity index (χ3v) is 7.98. The van der Waals surface area contributed by atoms with Crippen molar-refractivity contribution in [3.63, 3.8) is 0 Å². The Morgan fingerprint density at radius 2 is 2.08 bits per heavy atom. The Morgan fingerprint density at radius 1 is 1.27 bits per heavy atom. The summed E-state index contributed by atoms with van der Waals surface area (Å²) in [7, 11) is 0. The molecule has 3 aromatic heterocycles. The highest BCUT2D eigenvalue weighted by Crippen LogP contribution is 2.39. The number of hydrogen-bond acceptors (Lipinski definition) is 5. The Balaban J connectivity index is 1.47. The van der Waals surface area contributed by atoms with Crippen LogP contribution in [-0.2, 0) is 24.2 Å². The van der Waals surface area contributed by atoms with Crippen molar-refractivity contribution in [2.75, 3.05) is 5.32 Å². The molecule has 1 aliphatic rings. The second-order valence-corrected chi connectivity index (χ2v) is 10.6. The molecule has 2 atom stereocenters. The first-order valence-corrected chi connectivity index (χ1v) is 13.4. The fraction of sp³-hybridized carbons (Fsp3) is 0.231. The van der Waals surface area contributed by atoms with E-state index in [1.165, 1.54) is 21.6 Å². The summed E-state index contributed by atoms with van der Waals surface area (Å²) in [6, 6.07) is 8.96. The molecule has 7 nitrogen and oxygen atoms in total. The van der Waals surface area contributed by atoms with E-state index >= 15 is 0 Å². The highest BCUT2D eigenvalue weighted by Gasteiger charge is 2.34. The van der Waals surface area contributed by atoms with E-state index in [4.69, 9.17) is 28.3 Å². The molecule has 1 unspecified atom stereocenters. The average molecular weight is 555 g/mol. The van der Waals surface area contributed by atoms with Gasteiger partial charge in [0.05, 0.1) is 28.6 Å². The number of carbonyl (C=O) groups excluding carboxylic acids is 1. The van der Waals surface area contributed by atoms with Gasteiger partial charge < -0.3 is 4.57 Å². The Hall–Kier alpha value is -3.27. The normalized spacial score (nSPS) is 15.7. The molecule has 1 N–H and O–H groups in total. The fourth-order valence-corrected chi connectivity index (χ4v) is 5.82. The minimum atomic E-state index is -1.03. The molecule has 6 rings (SSSR count). The number of carbonyl (C=O) groups is 1. The van der Waals surface area contributed by atoms with Crippen molar-refractivity contribution in [3.05, 3.63) is 81.4 Å². The van der Waals surface area contributed by atoms with Gasteiger partial charge in [-0.15, -0.1) is 11.3 Å². The topological polar surface area (TPSA) is 77.6 Å². The van der Waals surface area contributed by atoms with E-state index in [-0.39, 0.29) is 13.0 Å². The first-order chi connectivity index (χ1) is 17.9. The molecule has 0 aliphatic carbocycles. The van der Waals surface area contributed by atoms with Gasteiger partial charge in [0.2, 0.25) is 0 Å². The average Bonchev–Trinajstić information content (AvgIpc) is 3.68. The van der Waals surface area contributed by atoms with Crippen molar-refractivity contribution < 1.29 is 9.18 Å². The molecule has 1 amide bonds. The maximum absolute atomic E-state index is 14.2. The lowest BCUT2D eigenvalue weighted by Crippen LogP contribution is -2.28. The van der Waals surface area contributed by atoms with Crippen LogP contribution in [0.2, 0.25) is 10.0 Å². The highest BCUT2D eigenvalue weighted by molar-refractivity contribution is 7.13. The number of fused-ring (bicyclic) bond motifs is 2. The van der Waals surface area contributed by atoms with Crippen molar-refractivity contribution >= 4 is 56.5 Å². The van der Waals surface area contributed by atoms with Crippen LogP contribution in [0.3, 0.4) is 0 Å². The Morgan fingerprint density at radius 3 is 2.81 bits per heavy atom. The monoisotopic (exact) mass is 554 g/mol. The lowest BCUT2D eigenvalue weighted by Gasteiger charge is -2.16. The Labute approximate surface area is 225 Å². The molecule has 188 valence electrons. The van der Waals surface area contributed by atoms with Crippen LogP contribution in [0.5, 0.6) is 0 Å². The maximum Gasteiger partial charge on any atom is 0.257 e. The summed E-state index contributed by atoms with van der Waals surface area (Å²) < 4.78 is 17.5. The third kappa shape index (κ3) is 4.31. The minimum absolute atomic E-state index is 0.177. The molecule has 11 heteroatoms. The number of aromatic nitrogens is 5. The van der Waals surface area contributed by atoms with Gasteiger partial charge in [-0.3, -0.25) is 14.8 Å². The van der Waals surface area contributed by atoms with Gasteiger partial charge in [-0.05, 0) is 23.6 Å². The van der Waals surface area contributed by atoms with E-state index < -0.39 is 18.1 Å². The van der Waals surface area contributed by atoms with E-state index in [1.54, 1.807) is 28.7 Å². The van der Waals surface area contributed by atoms with Gasteiger partial charge in [-0.25, -0.2) is 14.4 Å². The molecule has 0 fully saturated rings. The SMILES string of the molecule is CCc1ccc(-c2cc(Cl)c3cn(C(C(=O)Nc4nccs4)c4ncn5c4C[C@@H](F)C5)nc3c2Cl)cc1. The summed E-state index contributed by atoms with van der Waals surface area (Å²) in [5, 5.41) is 11.3. The molecule has 4 heterocycles. The summed E-state index contributed by atoms with van der Waals surface area (Å²) >= 11 is 14.9. The summed E-state index contributed by atoms with van der Waals surface area (Å²) in [4.78, 5) is 22.2. The van der Waals surface area contributed by atoms with Gasteiger partial charge in [0.15, 0.2) is 11.2 Å². The van der Waals surface area contributed by atoms with Gasteiger partial charge in [-0.2, -0.15) is 5.10 Å². The van der Waals surface area contributed by atoms with Crippen LogP contribution in [-0.4, -0.2) is 36.4 Å². The van der Waals surface area contributed by atoms with Crippen LogP contribution >= 0.6 is 34.5 Å². The Kier molecular flexibility index (Phi) is 6.22. The van der Waals surface area contributed by atoms with Crippen molar-refractivity contribution in [3.8, 4) is 11.1 Å². The lowest BCUT2D eigenvalue weighted by atomic mass is 10.0. The number of benzene rings is 2. The number of anilines is 1. The predicted molar refractivity (Wildman–Crippen MR) is 144 cm³/mol. The van der Waals surface area contributed by atoms with Crippen LogP contribution in [0.25, 0.3) is 22.0 Å². The molecule has 2 aromatic carbocycles. The van der Waals surface area contributed by atoms with E-state index in [1.807, 2.05) is 18.2 Å². The zero-order chi connectivity index (χ0) is 25.7. The van der Waals surface area contributed by atoms with Crippen molar-refractivity contribution in [2.45, 2.75) is 38.5 Å². The Bertz CT molecular complexity index is 1610. The third-order valence-electron chi connectivity index (χ3n) is 6.60. The zero-order valence-corrected chi connectivity index (χ0v) is 22.0. The molecule has 0 saturated carbocycles. The predicted octanol–water partition coefficient (Wildman–Crippen LogP) is 6.35. The van der Waals surface area contributed by atoms with Crippen LogP contribution in [0.1, 0.15) is 29.9 Å². The smallest absolute Gasteiger partial charge is 0.257 e. The largest absolute Gasteiger partial charge is 0.331 e. The van der Waals surface area contributed by atoms with Crippen LogP contribution in [0.4, 0.5) is 9.52 Å². The van der Waals surface area contributed by atoms with Gasteiger partial charge in [0, 0.05) is 40.8 Å². The van der Waals surface area contributed by atoms with Crippen LogP contribution in [0, 0.1) is 0 Å². The number of thiazole rings is 1. The van der Waals surface area contributed by atoms with Crippen molar-refractivity contribution in [2.24, 2.45) is 0 Å². The molecule has 1 aliphatic heterocycles. The minimum Gasteiger partial charge on any atom is -0.331 e. The molecular formula is C26H21Cl2FN6OS. The van der Waals surface area contributed by atoms with Crippen LogP contribution < -0.4 is 5.32 Å². The molecule has 0 spiro atoms. The summed E-state index contributed by atoms with van der Waals surface area (Å²) in [5.41, 5.74) is 4.45. The number of amides is 1. The molecule has 37 heavy (non-hydrogen) atoms. The summed E-state index contributed by atoms with van der Waals surface area (Å²) in [6.07, 6.45) is 4.94. The van der Waals surface area contributed by atoms with E-state index in [9.17, 15) is 9.18 Å². The maximum atomic E-state index is 14.2. The van der Waals surface area contributed by atoms with Gasteiger partial charge in [-0.1, -0.05) is 54.4 Å². The second kappa shape index (κ2) is 9.55. The summed E-state index contributed by atoms with van der Waals surface area (Å²) in [5.74, 6) is -0.394. The van der Waals surface area contributed by atoms with Crippen LogP contribution in [0.15, 0.2) is 54.4 Å². The van der Waals surface area contributed by atoms with E-state index in [2.05, 4.69) is 34.3 Å². The number of alkyl halides is 1.